The van der Waals surface area contributed by atoms with Crippen LogP contribution in [-0.2, 0) is 6.54 Å². The third-order valence-electron chi connectivity index (χ3n) is 3.45. The lowest BCUT2D eigenvalue weighted by Gasteiger charge is -2.09. The third kappa shape index (κ3) is 3.86. The Balaban J connectivity index is 1.77. The molecule has 23 heavy (non-hydrogen) atoms. The van der Waals surface area contributed by atoms with Gasteiger partial charge in [0.25, 0.3) is 5.91 Å². The van der Waals surface area contributed by atoms with E-state index in [1.807, 2.05) is 60.8 Å². The van der Waals surface area contributed by atoms with Crippen LogP contribution in [-0.4, -0.2) is 10.9 Å². The van der Waals surface area contributed by atoms with Gasteiger partial charge in [0.1, 0.15) is 0 Å². The van der Waals surface area contributed by atoms with Gasteiger partial charge >= 0.3 is 0 Å². The first-order valence-corrected chi connectivity index (χ1v) is 8.85. The highest BCUT2D eigenvalue weighted by molar-refractivity contribution is 9.10. The maximum atomic E-state index is 12.3. The van der Waals surface area contributed by atoms with Crippen molar-refractivity contribution in [3.8, 4) is 11.3 Å². The van der Waals surface area contributed by atoms with E-state index in [1.165, 1.54) is 0 Å². The number of aromatic nitrogens is 1. The summed E-state index contributed by atoms with van der Waals surface area (Å²) in [7, 11) is 0. The van der Waals surface area contributed by atoms with Crippen LogP contribution in [0.5, 0.6) is 0 Å². The van der Waals surface area contributed by atoms with Crippen molar-refractivity contribution in [2.45, 2.75) is 13.5 Å². The molecule has 1 aromatic carbocycles. The highest BCUT2D eigenvalue weighted by atomic mass is 79.9. The van der Waals surface area contributed by atoms with Gasteiger partial charge in [0.2, 0.25) is 0 Å². The number of pyridine rings is 1. The molecule has 0 unspecified atom stereocenters. The second kappa shape index (κ2) is 7.06. The minimum absolute atomic E-state index is 0.0933. The number of rotatable bonds is 4. The lowest BCUT2D eigenvalue weighted by atomic mass is 10.1. The predicted molar refractivity (Wildman–Crippen MR) is 97.6 cm³/mol. The van der Waals surface area contributed by atoms with E-state index in [4.69, 9.17) is 0 Å². The van der Waals surface area contributed by atoms with Gasteiger partial charge < -0.3 is 5.32 Å². The zero-order valence-electron chi connectivity index (χ0n) is 12.5. The third-order valence-corrected chi connectivity index (χ3v) is 4.82. The summed E-state index contributed by atoms with van der Waals surface area (Å²) in [5.74, 6) is -0.0933. The average Bonchev–Trinajstić information content (AvgIpc) is 3.06. The predicted octanol–water partition coefficient (Wildman–Crippen LogP) is 4.81. The molecule has 116 valence electrons. The van der Waals surface area contributed by atoms with Gasteiger partial charge in [-0.2, -0.15) is 0 Å². The molecule has 0 spiro atoms. The van der Waals surface area contributed by atoms with Gasteiger partial charge in [-0.3, -0.25) is 9.78 Å². The molecule has 3 rings (SSSR count). The Morgan fingerprint density at radius 2 is 2.09 bits per heavy atom. The number of benzene rings is 1. The van der Waals surface area contributed by atoms with Crippen molar-refractivity contribution in [1.82, 2.24) is 10.3 Å². The smallest absolute Gasteiger partial charge is 0.253 e. The highest BCUT2D eigenvalue weighted by Gasteiger charge is 2.11. The summed E-state index contributed by atoms with van der Waals surface area (Å²) in [4.78, 5) is 18.0. The fraction of sp³-hybridized carbons (Fsp3) is 0.111. The van der Waals surface area contributed by atoms with Crippen molar-refractivity contribution in [1.29, 1.82) is 0 Å². The largest absolute Gasteiger partial charge is 0.347 e. The number of halogens is 1. The molecular weight excluding hydrogens is 372 g/mol. The molecule has 2 heterocycles. The van der Waals surface area contributed by atoms with E-state index < -0.39 is 0 Å². The summed E-state index contributed by atoms with van der Waals surface area (Å²) in [5.41, 5.74) is 3.22. The molecule has 5 heteroatoms. The van der Waals surface area contributed by atoms with Gasteiger partial charge in [0, 0.05) is 14.9 Å². The first kappa shape index (κ1) is 15.9. The van der Waals surface area contributed by atoms with Gasteiger partial charge in [-0.15, -0.1) is 11.3 Å². The molecule has 0 aliphatic heterocycles. The van der Waals surface area contributed by atoms with Crippen LogP contribution in [0.4, 0.5) is 0 Å². The second-order valence-electron chi connectivity index (χ2n) is 5.10. The van der Waals surface area contributed by atoms with E-state index in [0.717, 1.165) is 26.3 Å². The van der Waals surface area contributed by atoms with Crippen molar-refractivity contribution in [2.24, 2.45) is 0 Å². The van der Waals surface area contributed by atoms with Crippen LogP contribution in [0.25, 0.3) is 11.3 Å². The lowest BCUT2D eigenvalue weighted by Crippen LogP contribution is -2.23. The number of nitrogens with one attached hydrogen (secondary N) is 1. The monoisotopic (exact) mass is 386 g/mol. The summed E-state index contributed by atoms with van der Waals surface area (Å²) in [6.45, 7) is 2.41. The maximum absolute atomic E-state index is 12.3. The topological polar surface area (TPSA) is 42.0 Å². The molecule has 1 N–H and O–H groups in total. The molecule has 0 bridgehead atoms. The lowest BCUT2D eigenvalue weighted by molar-refractivity contribution is 0.0950. The van der Waals surface area contributed by atoms with E-state index >= 15 is 0 Å². The first-order chi connectivity index (χ1) is 11.1. The van der Waals surface area contributed by atoms with Crippen LogP contribution in [0.15, 0.2) is 58.4 Å². The highest BCUT2D eigenvalue weighted by Crippen LogP contribution is 2.22. The van der Waals surface area contributed by atoms with Crippen LogP contribution in [0.1, 0.15) is 20.9 Å². The van der Waals surface area contributed by atoms with Crippen molar-refractivity contribution >= 4 is 33.2 Å². The first-order valence-electron chi connectivity index (χ1n) is 7.17. The van der Waals surface area contributed by atoms with Gasteiger partial charge in [0.15, 0.2) is 0 Å². The van der Waals surface area contributed by atoms with E-state index in [9.17, 15) is 4.79 Å². The summed E-state index contributed by atoms with van der Waals surface area (Å²) < 4.78 is 1.01. The number of nitrogens with zero attached hydrogens (tertiary/aromatic N) is 1. The van der Waals surface area contributed by atoms with Crippen molar-refractivity contribution in [3.63, 3.8) is 0 Å². The molecule has 0 radical (unpaired) electrons. The Morgan fingerprint density at radius 1 is 1.22 bits per heavy atom. The molecule has 1 amide bonds. The molecular formula is C18H15BrN2OS. The van der Waals surface area contributed by atoms with Crippen LogP contribution in [0.3, 0.4) is 0 Å². The summed E-state index contributed by atoms with van der Waals surface area (Å²) in [6, 6.07) is 15.7. The zero-order valence-corrected chi connectivity index (χ0v) is 14.9. The summed E-state index contributed by atoms with van der Waals surface area (Å²) in [6.07, 6.45) is 0. The SMILES string of the molecule is Cc1nc(-c2cccc(Br)c2)ccc1C(=O)NCc1cccs1. The number of aryl methyl sites for hydroxylation is 1. The Hall–Kier alpha value is -1.98. The van der Waals surface area contributed by atoms with E-state index in [-0.39, 0.29) is 5.91 Å². The minimum Gasteiger partial charge on any atom is -0.347 e. The fourth-order valence-electron chi connectivity index (χ4n) is 2.29. The Kier molecular flexibility index (Phi) is 4.88. The van der Waals surface area contributed by atoms with Crippen LogP contribution in [0.2, 0.25) is 0 Å². The Bertz CT molecular complexity index is 831. The number of hydrogen-bond donors (Lipinski definition) is 1. The number of thiophene rings is 1. The molecule has 3 nitrogen and oxygen atoms in total. The Labute approximate surface area is 147 Å². The van der Waals surface area contributed by atoms with Gasteiger partial charge in [-0.05, 0) is 42.6 Å². The average molecular weight is 387 g/mol. The van der Waals surface area contributed by atoms with E-state index in [2.05, 4.69) is 26.2 Å². The number of amides is 1. The molecule has 0 aliphatic carbocycles. The van der Waals surface area contributed by atoms with E-state index in [0.29, 0.717) is 12.1 Å². The molecule has 0 atom stereocenters. The van der Waals surface area contributed by atoms with Crippen LogP contribution in [0, 0.1) is 6.92 Å². The summed E-state index contributed by atoms with van der Waals surface area (Å²) in [5, 5.41) is 4.94. The minimum atomic E-state index is -0.0933. The summed E-state index contributed by atoms with van der Waals surface area (Å²) >= 11 is 5.09. The molecule has 0 aliphatic rings. The quantitative estimate of drug-likeness (QED) is 0.698. The van der Waals surface area contributed by atoms with Crippen molar-refractivity contribution < 1.29 is 4.79 Å². The van der Waals surface area contributed by atoms with Gasteiger partial charge in [-0.25, -0.2) is 0 Å². The van der Waals surface area contributed by atoms with E-state index in [1.54, 1.807) is 11.3 Å². The van der Waals surface area contributed by atoms with Crippen LogP contribution < -0.4 is 5.32 Å². The molecule has 2 aromatic heterocycles. The molecule has 0 fully saturated rings. The standard InChI is InChI=1S/C18H15BrN2OS/c1-12-16(18(22)20-11-15-6-3-9-23-15)7-8-17(21-12)13-4-2-5-14(19)10-13/h2-10H,11H2,1H3,(H,20,22). The maximum Gasteiger partial charge on any atom is 0.253 e. The van der Waals surface area contributed by atoms with Gasteiger partial charge in [-0.1, -0.05) is 34.1 Å². The van der Waals surface area contributed by atoms with Crippen LogP contribution >= 0.6 is 27.3 Å². The number of carbonyl (C=O) groups excluding carboxylic acids is 1. The number of hydrogen-bond acceptors (Lipinski definition) is 3. The number of carbonyl (C=O) groups is 1. The van der Waals surface area contributed by atoms with Crippen molar-refractivity contribution in [2.75, 3.05) is 0 Å². The van der Waals surface area contributed by atoms with Crippen molar-refractivity contribution in [3.05, 3.63) is 74.5 Å². The fourth-order valence-corrected chi connectivity index (χ4v) is 3.33. The normalized spacial score (nSPS) is 10.5. The zero-order chi connectivity index (χ0) is 16.2. The molecule has 0 saturated carbocycles. The second-order valence-corrected chi connectivity index (χ2v) is 7.05. The molecule has 0 saturated heterocycles. The Morgan fingerprint density at radius 3 is 2.78 bits per heavy atom. The molecule has 3 aromatic rings. The van der Waals surface area contributed by atoms with Gasteiger partial charge in [0.05, 0.1) is 23.5 Å².